The number of pyridine rings is 1. The fourth-order valence-corrected chi connectivity index (χ4v) is 5.03. The number of nitrogens with two attached hydrogens (primary N) is 2. The van der Waals surface area contributed by atoms with Crippen molar-refractivity contribution in [2.45, 2.75) is 122 Å². The minimum atomic E-state index is -0.367. The van der Waals surface area contributed by atoms with Crippen LogP contribution in [0.5, 0.6) is 5.88 Å². The third-order valence-corrected chi connectivity index (χ3v) is 7.72. The molecule has 43 heavy (non-hydrogen) atoms. The van der Waals surface area contributed by atoms with Gasteiger partial charge in [0.25, 0.3) is 0 Å². The van der Waals surface area contributed by atoms with Gasteiger partial charge in [0.15, 0.2) is 0 Å². The van der Waals surface area contributed by atoms with Gasteiger partial charge in [-0.1, -0.05) is 96.8 Å². The zero-order chi connectivity index (χ0) is 31.4. The smallest absolute Gasteiger partial charge is 0.239 e. The number of carbonyl (C=O) groups is 2. The zero-order valence-corrected chi connectivity index (χ0v) is 27.3. The van der Waals surface area contributed by atoms with Crippen LogP contribution < -0.4 is 31.7 Å². The highest BCUT2D eigenvalue weighted by Crippen LogP contribution is 2.25. The lowest BCUT2D eigenvalue weighted by molar-refractivity contribution is -0.122. The van der Waals surface area contributed by atoms with Crippen molar-refractivity contribution in [1.82, 2.24) is 10.3 Å². The number of hydrogen-bond acceptors (Lipinski definition) is 8. The average molecular weight is 607 g/mol. The molecule has 10 nitrogen and oxygen atoms in total. The first-order chi connectivity index (χ1) is 21.1. The first-order valence-corrected chi connectivity index (χ1v) is 16.9. The second-order valence-corrected chi connectivity index (χ2v) is 11.4. The molecule has 1 fully saturated rings. The number of aromatic nitrogens is 1. The maximum absolute atomic E-state index is 11.8. The molecule has 2 rings (SSSR count). The molecular weight excluding hydrogens is 544 g/mol. The molecule has 10 heteroatoms. The Balaban J connectivity index is 0.000000465. The van der Waals surface area contributed by atoms with Gasteiger partial charge in [-0.25, -0.2) is 0 Å². The summed E-state index contributed by atoms with van der Waals surface area (Å²) in [5, 5.41) is 5.50. The van der Waals surface area contributed by atoms with Crippen LogP contribution >= 0.6 is 0 Å². The number of anilines is 2. The lowest BCUT2D eigenvalue weighted by Gasteiger charge is -2.28. The van der Waals surface area contributed by atoms with E-state index >= 15 is 0 Å². The topological polar surface area (TPSA) is 145 Å². The van der Waals surface area contributed by atoms with E-state index in [2.05, 4.69) is 27.4 Å². The highest BCUT2D eigenvalue weighted by Gasteiger charge is 2.15. The number of ether oxygens (including phenoxy) is 2. The molecule has 0 unspecified atom stereocenters. The summed E-state index contributed by atoms with van der Waals surface area (Å²) in [5.41, 5.74) is 11.9. The summed E-state index contributed by atoms with van der Waals surface area (Å²) in [7, 11) is 1.53. The van der Waals surface area contributed by atoms with Crippen molar-refractivity contribution in [3.63, 3.8) is 0 Å². The minimum Gasteiger partial charge on any atom is -0.479 e. The third-order valence-electron chi connectivity index (χ3n) is 7.72. The number of unbranched alkanes of at least 4 members (excludes halogenated alkanes) is 14. The molecule has 1 saturated heterocycles. The van der Waals surface area contributed by atoms with Crippen molar-refractivity contribution in [1.29, 1.82) is 0 Å². The Morgan fingerprint density at radius 1 is 0.953 bits per heavy atom. The third kappa shape index (κ3) is 19.5. The molecule has 1 aliphatic rings. The summed E-state index contributed by atoms with van der Waals surface area (Å²) in [4.78, 5) is 28.7. The van der Waals surface area contributed by atoms with Gasteiger partial charge in [0, 0.05) is 19.6 Å². The van der Waals surface area contributed by atoms with Gasteiger partial charge >= 0.3 is 0 Å². The number of rotatable bonds is 24. The second kappa shape index (κ2) is 27.1. The van der Waals surface area contributed by atoms with E-state index in [1.54, 1.807) is 6.07 Å². The second-order valence-electron chi connectivity index (χ2n) is 11.4. The minimum absolute atomic E-state index is 0.00304. The number of nitrogens with one attached hydrogen (secondary N) is 2. The predicted molar refractivity (Wildman–Crippen MR) is 178 cm³/mol. The lowest BCUT2D eigenvalue weighted by Crippen LogP contribution is -2.40. The van der Waals surface area contributed by atoms with E-state index in [1.807, 2.05) is 6.07 Å². The maximum atomic E-state index is 11.8. The van der Waals surface area contributed by atoms with Crippen LogP contribution in [0.1, 0.15) is 116 Å². The van der Waals surface area contributed by atoms with Crippen LogP contribution in [-0.4, -0.2) is 69.8 Å². The van der Waals surface area contributed by atoms with E-state index in [9.17, 15) is 9.59 Å². The molecule has 1 aliphatic heterocycles. The number of nitrogens with zero attached hydrogens (tertiary/aromatic N) is 2. The van der Waals surface area contributed by atoms with Crippen molar-refractivity contribution in [2.24, 2.45) is 11.5 Å². The van der Waals surface area contributed by atoms with E-state index in [0.29, 0.717) is 37.7 Å². The first kappa shape index (κ1) is 38.6. The van der Waals surface area contributed by atoms with E-state index in [4.69, 9.17) is 20.9 Å². The van der Waals surface area contributed by atoms with Crippen molar-refractivity contribution in [3.05, 3.63) is 12.1 Å². The van der Waals surface area contributed by atoms with E-state index < -0.39 is 0 Å². The SMILES string of the molecule is CCCCCCCCCCCCCCCCNC(=O)[C@@H](N)CCCCN.COc1nc(N2CCOCC2)ccc1NC=O. The van der Waals surface area contributed by atoms with Gasteiger partial charge in [-0.15, -0.1) is 0 Å². The molecule has 0 radical (unpaired) electrons. The molecule has 0 aromatic carbocycles. The normalized spacial score (nSPS) is 13.5. The van der Waals surface area contributed by atoms with Gasteiger partial charge in [0.2, 0.25) is 18.2 Å². The Hall–Kier alpha value is -2.43. The fraction of sp³-hybridized carbons (Fsp3) is 0.788. The van der Waals surface area contributed by atoms with Gasteiger partial charge in [-0.2, -0.15) is 4.98 Å². The van der Waals surface area contributed by atoms with E-state index in [1.165, 1.54) is 90.6 Å². The zero-order valence-electron chi connectivity index (χ0n) is 27.3. The summed E-state index contributed by atoms with van der Waals surface area (Å²) in [5.74, 6) is 1.25. The van der Waals surface area contributed by atoms with Crippen LogP contribution in [0.4, 0.5) is 11.5 Å². The van der Waals surface area contributed by atoms with Crippen LogP contribution in [0, 0.1) is 0 Å². The molecule has 1 aromatic rings. The van der Waals surface area contributed by atoms with Gasteiger partial charge in [-0.3, -0.25) is 9.59 Å². The average Bonchev–Trinajstić information content (AvgIpc) is 3.04. The summed E-state index contributed by atoms with van der Waals surface area (Å²) < 4.78 is 10.4. The molecule has 248 valence electrons. The monoisotopic (exact) mass is 606 g/mol. The van der Waals surface area contributed by atoms with Gasteiger partial charge < -0.3 is 36.5 Å². The predicted octanol–water partition coefficient (Wildman–Crippen LogP) is 5.54. The van der Waals surface area contributed by atoms with Crippen LogP contribution in [0.25, 0.3) is 0 Å². The molecule has 1 aromatic heterocycles. The van der Waals surface area contributed by atoms with Crippen molar-refractivity contribution >= 4 is 23.8 Å². The number of carbonyl (C=O) groups excluding carboxylic acids is 2. The molecule has 0 bridgehead atoms. The maximum Gasteiger partial charge on any atom is 0.239 e. The Bertz CT molecular complexity index is 823. The molecule has 6 N–H and O–H groups in total. The highest BCUT2D eigenvalue weighted by atomic mass is 16.5. The van der Waals surface area contributed by atoms with Crippen LogP contribution in [0.15, 0.2) is 12.1 Å². The lowest BCUT2D eigenvalue weighted by atomic mass is 10.0. The van der Waals surface area contributed by atoms with Crippen molar-refractivity contribution in [3.8, 4) is 5.88 Å². The molecule has 1 atom stereocenters. The summed E-state index contributed by atoms with van der Waals surface area (Å²) in [6.07, 6.45) is 22.2. The largest absolute Gasteiger partial charge is 0.479 e. The molecule has 0 aliphatic carbocycles. The number of amides is 2. The van der Waals surface area contributed by atoms with Gasteiger partial charge in [0.05, 0.1) is 26.4 Å². The molecule has 0 spiro atoms. The Morgan fingerprint density at radius 3 is 2.07 bits per heavy atom. The number of morpholine rings is 1. The van der Waals surface area contributed by atoms with Crippen LogP contribution in [-0.2, 0) is 14.3 Å². The standard InChI is InChI=1S/C22H47N3O.C11H15N3O3/c1-2-3-4-5-6-7-8-9-10-11-12-13-14-17-20-25-22(26)21(24)18-15-16-19-23;1-16-11-9(12-8-15)2-3-10(13-11)14-4-6-17-7-5-14/h21H,2-20,23-24H2,1H3,(H,25,26);2-3,8H,4-7H2,1H3,(H,12,15)/t21-;/m0./s1. The number of hydrogen-bond donors (Lipinski definition) is 4. The van der Waals surface area contributed by atoms with Crippen LogP contribution in [0.3, 0.4) is 0 Å². The highest BCUT2D eigenvalue weighted by molar-refractivity contribution is 5.81. The van der Waals surface area contributed by atoms with Gasteiger partial charge in [0.1, 0.15) is 11.5 Å². The molecule has 2 heterocycles. The Labute approximate surface area is 261 Å². The summed E-state index contributed by atoms with van der Waals surface area (Å²) >= 11 is 0. The fourth-order valence-electron chi connectivity index (χ4n) is 5.03. The Kier molecular flexibility index (Phi) is 24.4. The van der Waals surface area contributed by atoms with Crippen molar-refractivity contribution in [2.75, 3.05) is 56.7 Å². The van der Waals surface area contributed by atoms with E-state index in [0.717, 1.165) is 51.1 Å². The molecule has 2 amide bonds. The summed E-state index contributed by atoms with van der Waals surface area (Å²) in [6.45, 7) is 6.76. The molecular formula is C33H62N6O4. The van der Waals surface area contributed by atoms with Crippen molar-refractivity contribution < 1.29 is 19.1 Å². The van der Waals surface area contributed by atoms with E-state index in [-0.39, 0.29) is 11.9 Å². The first-order valence-electron chi connectivity index (χ1n) is 16.9. The van der Waals surface area contributed by atoms with Gasteiger partial charge in [-0.05, 0) is 37.9 Å². The Morgan fingerprint density at radius 2 is 1.53 bits per heavy atom. The number of methoxy groups -OCH3 is 1. The quantitative estimate of drug-likeness (QED) is 0.0887. The molecule has 0 saturated carbocycles. The summed E-state index contributed by atoms with van der Waals surface area (Å²) in [6, 6.07) is 3.28. The van der Waals surface area contributed by atoms with Crippen LogP contribution in [0.2, 0.25) is 0 Å².